The lowest BCUT2D eigenvalue weighted by atomic mass is 9.97. The maximum absolute atomic E-state index is 11.4. The highest BCUT2D eigenvalue weighted by atomic mass is 32.4. The summed E-state index contributed by atoms with van der Waals surface area (Å²) in [6.45, 7) is 3.93. The van der Waals surface area contributed by atoms with Gasteiger partial charge in [0.2, 0.25) is 0 Å². The zero-order valence-corrected chi connectivity index (χ0v) is 19.0. The molecule has 5 atom stereocenters. The molecule has 2 aromatic rings. The standard InChI is InChI=1S/C21H35N3O4S/c1-14(2)29(3,4,5,6)21-20(27)18(19(26)17(13-25)28-21)24-12-16(22-23-24)15-10-8-7-9-11-15/h7-12,14,17-21,25-27H,13H2,1-6H3. The normalized spacial score (nSPS) is 30.8. The Morgan fingerprint density at radius 1 is 1.07 bits per heavy atom. The summed E-state index contributed by atoms with van der Waals surface area (Å²) in [4.78, 5) is 0. The fourth-order valence-electron chi connectivity index (χ4n) is 3.70. The van der Waals surface area contributed by atoms with Crippen molar-refractivity contribution in [2.45, 2.75) is 48.9 Å². The van der Waals surface area contributed by atoms with Crippen molar-refractivity contribution in [3.8, 4) is 11.3 Å². The molecule has 0 bridgehead atoms. The first-order chi connectivity index (χ1) is 13.3. The highest BCUT2D eigenvalue weighted by Crippen LogP contribution is 2.86. The van der Waals surface area contributed by atoms with E-state index in [4.69, 9.17) is 4.74 Å². The molecule has 0 radical (unpaired) electrons. The molecular weight excluding hydrogens is 390 g/mol. The molecule has 3 N–H and O–H groups in total. The Bertz CT molecular complexity index is 862. The average Bonchev–Trinajstić information content (AvgIpc) is 3.11. The minimum atomic E-state index is -2.96. The molecule has 1 aromatic heterocycles. The second-order valence-corrected chi connectivity index (χ2v) is 21.0. The number of nitrogens with zero attached hydrogens (tertiary/aromatic N) is 3. The van der Waals surface area contributed by atoms with Gasteiger partial charge >= 0.3 is 0 Å². The Hall–Kier alpha value is -1.45. The molecule has 8 heteroatoms. The molecule has 1 fully saturated rings. The van der Waals surface area contributed by atoms with Crippen LogP contribution < -0.4 is 0 Å². The molecule has 7 nitrogen and oxygen atoms in total. The van der Waals surface area contributed by atoms with Crippen LogP contribution in [0.1, 0.15) is 19.9 Å². The van der Waals surface area contributed by atoms with Gasteiger partial charge in [-0.05, 0) is 30.3 Å². The van der Waals surface area contributed by atoms with Gasteiger partial charge < -0.3 is 20.1 Å². The van der Waals surface area contributed by atoms with Crippen molar-refractivity contribution in [1.82, 2.24) is 15.0 Å². The molecular formula is C21H35N3O4S. The van der Waals surface area contributed by atoms with E-state index in [1.165, 1.54) is 4.68 Å². The predicted octanol–water partition coefficient (Wildman–Crippen LogP) is 1.73. The maximum atomic E-state index is 11.4. The molecule has 1 aliphatic heterocycles. The SMILES string of the molecule is CC(C)S(C)(C)(C)(C)C1OC(CO)C(O)C(n2cc(-c3ccccc3)nn2)C1O. The van der Waals surface area contributed by atoms with E-state index in [1.54, 1.807) is 6.20 Å². The Labute approximate surface area is 172 Å². The Morgan fingerprint density at radius 2 is 1.69 bits per heavy atom. The van der Waals surface area contributed by atoms with Crippen molar-refractivity contribution >= 4 is 8.29 Å². The van der Waals surface area contributed by atoms with Crippen LogP contribution in [0, 0.1) is 0 Å². The molecule has 0 saturated carbocycles. The van der Waals surface area contributed by atoms with Crippen molar-refractivity contribution in [3.63, 3.8) is 0 Å². The molecule has 29 heavy (non-hydrogen) atoms. The van der Waals surface area contributed by atoms with Gasteiger partial charge in [-0.15, -0.1) is 5.10 Å². The van der Waals surface area contributed by atoms with E-state index in [0.717, 1.165) is 5.56 Å². The molecule has 0 amide bonds. The van der Waals surface area contributed by atoms with E-state index in [0.29, 0.717) is 5.69 Å². The van der Waals surface area contributed by atoms with E-state index < -0.39 is 38.1 Å². The van der Waals surface area contributed by atoms with Crippen LogP contribution in [-0.2, 0) is 4.74 Å². The first-order valence-corrected chi connectivity index (χ1v) is 14.1. The molecule has 1 aromatic carbocycles. The zero-order valence-electron chi connectivity index (χ0n) is 18.1. The quantitative estimate of drug-likeness (QED) is 0.675. The Kier molecular flexibility index (Phi) is 5.20. The zero-order chi connectivity index (χ0) is 21.7. The Balaban J connectivity index is 2.05. The minimum absolute atomic E-state index is 0.237. The molecule has 5 unspecified atom stereocenters. The van der Waals surface area contributed by atoms with Crippen LogP contribution in [0.5, 0.6) is 0 Å². The number of ether oxygens (including phenoxy) is 1. The lowest BCUT2D eigenvalue weighted by Crippen LogP contribution is -2.64. The molecule has 164 valence electrons. The predicted molar refractivity (Wildman–Crippen MR) is 119 cm³/mol. The molecule has 2 heterocycles. The number of aliphatic hydroxyl groups excluding tert-OH is 3. The van der Waals surface area contributed by atoms with Crippen LogP contribution >= 0.6 is 8.29 Å². The number of benzene rings is 1. The highest BCUT2D eigenvalue weighted by Gasteiger charge is 2.61. The van der Waals surface area contributed by atoms with E-state index >= 15 is 0 Å². The van der Waals surface area contributed by atoms with Crippen molar-refractivity contribution in [2.75, 3.05) is 31.6 Å². The second kappa shape index (κ2) is 6.78. The summed E-state index contributed by atoms with van der Waals surface area (Å²) >= 11 is 0. The number of aliphatic hydroxyl groups is 3. The Morgan fingerprint density at radius 3 is 2.24 bits per heavy atom. The van der Waals surface area contributed by atoms with Crippen molar-refractivity contribution < 1.29 is 20.1 Å². The van der Waals surface area contributed by atoms with Gasteiger partial charge in [-0.25, -0.2) is 4.68 Å². The minimum Gasteiger partial charge on any atom is -0.394 e. The molecule has 0 spiro atoms. The van der Waals surface area contributed by atoms with E-state index in [-0.39, 0.29) is 11.9 Å². The number of aromatic nitrogens is 3. The topological polar surface area (TPSA) is 101 Å². The van der Waals surface area contributed by atoms with Gasteiger partial charge in [-0.1, -0.05) is 49.4 Å². The average molecular weight is 426 g/mol. The van der Waals surface area contributed by atoms with Crippen molar-refractivity contribution in [3.05, 3.63) is 36.5 Å². The molecule has 1 saturated heterocycles. The van der Waals surface area contributed by atoms with E-state index in [2.05, 4.69) is 49.2 Å². The fraction of sp³-hybridized carbons (Fsp3) is 0.619. The highest BCUT2D eigenvalue weighted by molar-refractivity contribution is 8.63. The summed E-state index contributed by atoms with van der Waals surface area (Å²) in [6.07, 6.45) is 7.51. The van der Waals surface area contributed by atoms with Crippen molar-refractivity contribution in [2.24, 2.45) is 0 Å². The molecule has 1 aliphatic rings. The van der Waals surface area contributed by atoms with Crippen molar-refractivity contribution in [1.29, 1.82) is 0 Å². The second-order valence-electron chi connectivity index (χ2n) is 10.7. The third-order valence-corrected chi connectivity index (χ3v) is 13.8. The third-order valence-electron chi connectivity index (χ3n) is 6.95. The van der Waals surface area contributed by atoms with Crippen LogP contribution in [0.25, 0.3) is 11.3 Å². The van der Waals surface area contributed by atoms with Gasteiger partial charge in [-0.3, -0.25) is 8.29 Å². The number of hydrogen-bond acceptors (Lipinski definition) is 6. The van der Waals surface area contributed by atoms with Gasteiger partial charge in [0, 0.05) is 5.56 Å². The third kappa shape index (κ3) is 3.72. The van der Waals surface area contributed by atoms with Gasteiger partial charge in [0.05, 0.1) is 12.8 Å². The number of rotatable bonds is 5. The van der Waals surface area contributed by atoms with Gasteiger partial charge in [0.25, 0.3) is 0 Å². The summed E-state index contributed by atoms with van der Waals surface area (Å²) in [5.74, 6) is 0. The summed E-state index contributed by atoms with van der Waals surface area (Å²) in [6, 6.07) is 8.85. The fourth-order valence-corrected chi connectivity index (χ4v) is 6.33. The van der Waals surface area contributed by atoms with E-state index in [9.17, 15) is 15.3 Å². The van der Waals surface area contributed by atoms with Crippen LogP contribution in [0.3, 0.4) is 0 Å². The summed E-state index contributed by atoms with van der Waals surface area (Å²) in [5, 5.41) is 40.9. The van der Waals surface area contributed by atoms with Crippen LogP contribution in [0.4, 0.5) is 0 Å². The molecule has 0 aliphatic carbocycles. The van der Waals surface area contributed by atoms with Gasteiger partial charge in [0.1, 0.15) is 35.5 Å². The van der Waals surface area contributed by atoms with Crippen LogP contribution in [-0.4, -0.2) is 90.9 Å². The van der Waals surface area contributed by atoms with Crippen LogP contribution in [0.15, 0.2) is 36.5 Å². The van der Waals surface area contributed by atoms with Crippen LogP contribution in [0.2, 0.25) is 0 Å². The monoisotopic (exact) mass is 425 g/mol. The summed E-state index contributed by atoms with van der Waals surface area (Å²) in [5.41, 5.74) is 1.01. The van der Waals surface area contributed by atoms with Gasteiger partial charge in [0.15, 0.2) is 0 Å². The lowest BCUT2D eigenvalue weighted by Gasteiger charge is -2.77. The smallest absolute Gasteiger partial charge is 0.113 e. The maximum Gasteiger partial charge on any atom is 0.113 e. The largest absolute Gasteiger partial charge is 0.394 e. The number of hydrogen-bond donors (Lipinski definition) is 3. The summed E-state index contributed by atoms with van der Waals surface area (Å²) < 4.78 is 7.69. The van der Waals surface area contributed by atoms with Gasteiger partial charge in [-0.2, -0.15) is 0 Å². The first kappa shape index (κ1) is 22.2. The first-order valence-electron chi connectivity index (χ1n) is 9.89. The lowest BCUT2D eigenvalue weighted by molar-refractivity contribution is -0.181. The van der Waals surface area contributed by atoms with E-state index in [1.807, 2.05) is 30.3 Å². The summed E-state index contributed by atoms with van der Waals surface area (Å²) in [7, 11) is -2.96. The molecule has 3 rings (SSSR count).